The average molecular weight is 377 g/mol. The van der Waals surface area contributed by atoms with Gasteiger partial charge in [0.15, 0.2) is 0 Å². The summed E-state index contributed by atoms with van der Waals surface area (Å²) in [5.41, 5.74) is 3.85. The van der Waals surface area contributed by atoms with Crippen LogP contribution in [0.3, 0.4) is 0 Å². The minimum atomic E-state index is -0.0409. The molecule has 0 atom stereocenters. The van der Waals surface area contributed by atoms with Crippen molar-refractivity contribution in [2.75, 3.05) is 36.4 Å². The van der Waals surface area contributed by atoms with Crippen LogP contribution in [0, 0.1) is 5.92 Å². The van der Waals surface area contributed by atoms with Gasteiger partial charge in [0.2, 0.25) is 5.91 Å². The minimum Gasteiger partial charge on any atom is -0.362 e. The SMILES string of the molecule is CC1CCN(C(=O)c2ccc(NC(=O)CN3CCc4ccccc43)cc2)CC1. The smallest absolute Gasteiger partial charge is 0.253 e. The molecule has 0 bridgehead atoms. The monoisotopic (exact) mass is 377 g/mol. The second-order valence-electron chi connectivity index (χ2n) is 7.90. The van der Waals surface area contributed by atoms with Crippen molar-refractivity contribution in [2.45, 2.75) is 26.2 Å². The van der Waals surface area contributed by atoms with Gasteiger partial charge in [-0.15, -0.1) is 0 Å². The number of nitrogens with zero attached hydrogens (tertiary/aromatic N) is 2. The number of hydrogen-bond acceptors (Lipinski definition) is 3. The van der Waals surface area contributed by atoms with Gasteiger partial charge in [0, 0.05) is 36.6 Å². The number of anilines is 2. The number of likely N-dealkylation sites (tertiary alicyclic amines) is 1. The van der Waals surface area contributed by atoms with Crippen molar-refractivity contribution in [1.29, 1.82) is 0 Å². The maximum absolute atomic E-state index is 12.6. The number of nitrogens with one attached hydrogen (secondary N) is 1. The third-order valence-electron chi connectivity index (χ3n) is 5.80. The van der Waals surface area contributed by atoms with Crippen molar-refractivity contribution in [2.24, 2.45) is 5.92 Å². The zero-order chi connectivity index (χ0) is 19.5. The highest BCUT2D eigenvalue weighted by atomic mass is 16.2. The quantitative estimate of drug-likeness (QED) is 0.886. The molecule has 2 aromatic carbocycles. The summed E-state index contributed by atoms with van der Waals surface area (Å²) in [4.78, 5) is 29.1. The van der Waals surface area contributed by atoms with Gasteiger partial charge in [0.1, 0.15) is 0 Å². The van der Waals surface area contributed by atoms with E-state index in [9.17, 15) is 9.59 Å². The predicted octanol–water partition coefficient (Wildman–Crippen LogP) is 3.56. The Balaban J connectivity index is 1.33. The second kappa shape index (κ2) is 8.05. The number of carbonyl (C=O) groups excluding carboxylic acids is 2. The number of carbonyl (C=O) groups is 2. The molecule has 1 fully saturated rings. The molecule has 5 nitrogen and oxygen atoms in total. The molecule has 28 heavy (non-hydrogen) atoms. The van der Waals surface area contributed by atoms with Gasteiger partial charge in [-0.25, -0.2) is 0 Å². The number of piperidine rings is 1. The second-order valence-corrected chi connectivity index (χ2v) is 7.90. The number of amides is 2. The molecule has 2 amide bonds. The van der Waals surface area contributed by atoms with Gasteiger partial charge in [-0.3, -0.25) is 9.59 Å². The molecule has 0 aliphatic carbocycles. The van der Waals surface area contributed by atoms with Gasteiger partial charge in [-0.1, -0.05) is 25.1 Å². The van der Waals surface area contributed by atoms with E-state index in [1.807, 2.05) is 29.2 Å². The van der Waals surface area contributed by atoms with Crippen LogP contribution in [0.25, 0.3) is 0 Å². The molecule has 0 radical (unpaired) electrons. The Morgan fingerprint density at radius 1 is 1.00 bits per heavy atom. The van der Waals surface area contributed by atoms with Crippen LogP contribution in [0.15, 0.2) is 48.5 Å². The summed E-state index contributed by atoms with van der Waals surface area (Å²) < 4.78 is 0. The standard InChI is InChI=1S/C23H27N3O2/c1-17-10-13-25(14-11-17)23(28)19-6-8-20(9-7-19)24-22(27)16-26-15-12-18-4-2-3-5-21(18)26/h2-9,17H,10-16H2,1H3,(H,24,27). The average Bonchev–Trinajstić information content (AvgIpc) is 3.11. The molecule has 1 saturated heterocycles. The van der Waals surface area contributed by atoms with Crippen molar-refractivity contribution in [3.63, 3.8) is 0 Å². The van der Waals surface area contributed by atoms with E-state index in [0.29, 0.717) is 18.0 Å². The van der Waals surface area contributed by atoms with Crippen molar-refractivity contribution < 1.29 is 9.59 Å². The molecule has 2 aliphatic rings. The van der Waals surface area contributed by atoms with E-state index in [1.54, 1.807) is 12.1 Å². The van der Waals surface area contributed by atoms with Gasteiger partial charge in [-0.2, -0.15) is 0 Å². The zero-order valence-electron chi connectivity index (χ0n) is 16.4. The molecule has 2 heterocycles. The molecule has 0 aromatic heterocycles. The molecule has 5 heteroatoms. The van der Waals surface area contributed by atoms with Crippen LogP contribution in [0.4, 0.5) is 11.4 Å². The molecule has 2 aliphatic heterocycles. The number of benzene rings is 2. The molecule has 0 saturated carbocycles. The first kappa shape index (κ1) is 18.5. The molecular formula is C23H27N3O2. The van der Waals surface area contributed by atoms with Gasteiger partial charge in [-0.05, 0) is 61.1 Å². The summed E-state index contributed by atoms with van der Waals surface area (Å²) in [6, 6.07) is 15.5. The predicted molar refractivity (Wildman–Crippen MR) is 112 cm³/mol. The number of para-hydroxylation sites is 1. The first-order valence-corrected chi connectivity index (χ1v) is 10.1. The Morgan fingerprint density at radius 3 is 2.46 bits per heavy atom. The van der Waals surface area contributed by atoms with E-state index in [-0.39, 0.29) is 11.8 Å². The molecular weight excluding hydrogens is 350 g/mol. The normalized spacial score (nSPS) is 16.8. The Bertz CT molecular complexity index is 854. The zero-order valence-corrected chi connectivity index (χ0v) is 16.4. The lowest BCUT2D eigenvalue weighted by molar-refractivity contribution is -0.115. The Morgan fingerprint density at radius 2 is 1.71 bits per heavy atom. The number of rotatable bonds is 4. The summed E-state index contributed by atoms with van der Waals surface area (Å²) in [7, 11) is 0. The summed E-state index contributed by atoms with van der Waals surface area (Å²) >= 11 is 0. The van der Waals surface area contributed by atoms with Gasteiger partial charge in [0.25, 0.3) is 5.91 Å². The van der Waals surface area contributed by atoms with Crippen LogP contribution in [0.2, 0.25) is 0 Å². The van der Waals surface area contributed by atoms with Crippen LogP contribution >= 0.6 is 0 Å². The van der Waals surface area contributed by atoms with Gasteiger partial charge >= 0.3 is 0 Å². The maximum Gasteiger partial charge on any atom is 0.253 e. The Kier molecular flexibility index (Phi) is 5.33. The van der Waals surface area contributed by atoms with Crippen molar-refractivity contribution in [1.82, 2.24) is 4.90 Å². The minimum absolute atomic E-state index is 0.0409. The van der Waals surface area contributed by atoms with E-state index >= 15 is 0 Å². The molecule has 0 spiro atoms. The first-order valence-electron chi connectivity index (χ1n) is 10.1. The molecule has 146 valence electrons. The highest BCUT2D eigenvalue weighted by molar-refractivity contribution is 5.97. The van der Waals surface area contributed by atoms with Crippen LogP contribution < -0.4 is 10.2 Å². The maximum atomic E-state index is 12.6. The van der Waals surface area contributed by atoms with Crippen molar-refractivity contribution in [3.8, 4) is 0 Å². The van der Waals surface area contributed by atoms with Crippen molar-refractivity contribution in [3.05, 3.63) is 59.7 Å². The van der Waals surface area contributed by atoms with E-state index < -0.39 is 0 Å². The van der Waals surface area contributed by atoms with Crippen LogP contribution in [-0.4, -0.2) is 42.9 Å². The molecule has 2 aromatic rings. The lowest BCUT2D eigenvalue weighted by Gasteiger charge is -2.30. The lowest BCUT2D eigenvalue weighted by Crippen LogP contribution is -2.37. The third kappa shape index (κ3) is 4.03. The summed E-state index contributed by atoms with van der Waals surface area (Å²) in [6.07, 6.45) is 3.12. The lowest BCUT2D eigenvalue weighted by atomic mass is 9.98. The fraction of sp³-hybridized carbons (Fsp3) is 0.391. The van der Waals surface area contributed by atoms with Gasteiger partial charge < -0.3 is 15.1 Å². The van der Waals surface area contributed by atoms with Crippen LogP contribution in [0.1, 0.15) is 35.7 Å². The number of hydrogen-bond donors (Lipinski definition) is 1. The van der Waals surface area contributed by atoms with E-state index in [2.05, 4.69) is 29.3 Å². The third-order valence-corrected chi connectivity index (χ3v) is 5.80. The highest BCUT2D eigenvalue weighted by Gasteiger charge is 2.22. The molecule has 4 rings (SSSR count). The van der Waals surface area contributed by atoms with E-state index in [1.165, 1.54) is 5.56 Å². The highest BCUT2D eigenvalue weighted by Crippen LogP contribution is 2.27. The summed E-state index contributed by atoms with van der Waals surface area (Å²) in [5.74, 6) is 0.739. The molecule has 1 N–H and O–H groups in total. The van der Waals surface area contributed by atoms with Crippen LogP contribution in [0.5, 0.6) is 0 Å². The van der Waals surface area contributed by atoms with E-state index in [4.69, 9.17) is 0 Å². The number of fused-ring (bicyclic) bond motifs is 1. The summed E-state index contributed by atoms with van der Waals surface area (Å²) in [6.45, 7) is 5.10. The molecule has 0 unspecified atom stereocenters. The fourth-order valence-electron chi connectivity index (χ4n) is 4.04. The van der Waals surface area contributed by atoms with Crippen LogP contribution in [-0.2, 0) is 11.2 Å². The first-order chi connectivity index (χ1) is 13.6. The fourth-order valence-corrected chi connectivity index (χ4v) is 4.04. The van der Waals surface area contributed by atoms with Gasteiger partial charge in [0.05, 0.1) is 6.54 Å². The topological polar surface area (TPSA) is 52.7 Å². The van der Waals surface area contributed by atoms with Crippen molar-refractivity contribution >= 4 is 23.2 Å². The summed E-state index contributed by atoms with van der Waals surface area (Å²) in [5, 5.41) is 2.95. The Hall–Kier alpha value is -2.82. The largest absolute Gasteiger partial charge is 0.362 e. The van der Waals surface area contributed by atoms with E-state index in [0.717, 1.165) is 50.3 Å². The Labute approximate surface area is 166 Å².